The molecule has 7 aromatic rings. The van der Waals surface area contributed by atoms with Crippen LogP contribution in [0.15, 0.2) is 148 Å². The van der Waals surface area contributed by atoms with Crippen molar-refractivity contribution in [3.05, 3.63) is 215 Å². The molecular formula is C81H105Br3N4O18S4. The van der Waals surface area contributed by atoms with E-state index in [4.69, 9.17) is 43.5 Å². The highest BCUT2D eigenvalue weighted by atomic mass is 79.9. The second-order valence-electron chi connectivity index (χ2n) is 26.3. The molecule has 0 saturated heterocycles. The number of aliphatic hydroxyl groups excluding tert-OH is 1. The highest BCUT2D eigenvalue weighted by Gasteiger charge is 2.33. The van der Waals surface area contributed by atoms with Crippen molar-refractivity contribution >= 4 is 143 Å². The number of methoxy groups -OCH3 is 6. The molecule has 4 atom stereocenters. The van der Waals surface area contributed by atoms with Crippen molar-refractivity contribution in [1.82, 2.24) is 20.6 Å². The molecule has 0 unspecified atom stereocenters. The van der Waals surface area contributed by atoms with E-state index in [-0.39, 0.29) is 121 Å². The number of aliphatic hydroxyl groups is 1. The predicted molar refractivity (Wildman–Crippen MR) is 455 cm³/mol. The van der Waals surface area contributed by atoms with E-state index >= 15 is 0 Å². The van der Waals surface area contributed by atoms with Crippen molar-refractivity contribution in [3.63, 3.8) is 0 Å². The van der Waals surface area contributed by atoms with Gasteiger partial charge in [-0.15, -0.1) is 0 Å². The third kappa shape index (κ3) is 29.3. The molecule has 3 amide bonds. The molecular weight excluding hydrogens is 1680 g/mol. The smallest absolute Gasteiger partial charge is 0.337 e. The zero-order valence-electron chi connectivity index (χ0n) is 64.3. The minimum Gasteiger partial charge on any atom is -0.497 e. The van der Waals surface area contributed by atoms with Crippen molar-refractivity contribution in [3.8, 4) is 28.7 Å². The Morgan fingerprint density at radius 2 is 0.855 bits per heavy atom. The van der Waals surface area contributed by atoms with Crippen molar-refractivity contribution in [2.75, 3.05) is 69.1 Å². The van der Waals surface area contributed by atoms with Gasteiger partial charge in [0.1, 0.15) is 48.6 Å². The van der Waals surface area contributed by atoms with Crippen LogP contribution in [-0.2, 0) is 72.8 Å². The Bertz CT molecular complexity index is 3960. The van der Waals surface area contributed by atoms with Crippen LogP contribution in [-0.4, -0.2) is 149 Å². The third-order valence-corrected chi connectivity index (χ3v) is 20.1. The minimum atomic E-state index is -0.603. The number of carbonyl (C=O) groups excluding carboxylic acids is 7. The minimum absolute atomic E-state index is 0. The first-order chi connectivity index (χ1) is 50.7. The summed E-state index contributed by atoms with van der Waals surface area (Å²) in [4.78, 5) is 87.5. The van der Waals surface area contributed by atoms with E-state index in [9.17, 15) is 33.6 Å². The van der Waals surface area contributed by atoms with E-state index in [1.807, 2.05) is 89.5 Å². The summed E-state index contributed by atoms with van der Waals surface area (Å²) in [7, 11) is 8.70. The molecule has 110 heavy (non-hydrogen) atoms. The fraction of sp³-hybridized carbons (Fsp3) is 0.395. The second kappa shape index (κ2) is 49.8. The van der Waals surface area contributed by atoms with Crippen LogP contribution in [0.2, 0.25) is 0 Å². The zero-order valence-corrected chi connectivity index (χ0v) is 73.0. The lowest BCUT2D eigenvalue weighted by Crippen LogP contribution is -2.45. The SMILES string of the molecule is COC(=O)c1ccc(CBr)c(Br)c1.COC(=O)c1ccc(CC[C@@H](C)CO)c(Br)c1.COC(=O)c1ccc2c(c1)OC[C@H](C(C)C)N(C(=O)Cc1ccc(OC)cc1)C2.COC(=O)c1ccc2c(c1)OC[C@H](C(C)C)NC2.COc1ccc(CC(=O)N2Cc3ccc(C(=O)NO)cc3OC[C@@H]2C(C)C)cc1.S.S.S.S. The lowest BCUT2D eigenvalue weighted by molar-refractivity contribution is -0.135. The number of alkyl halides is 1. The first kappa shape index (κ1) is 98.6. The van der Waals surface area contributed by atoms with Gasteiger partial charge in [-0.2, -0.15) is 54.0 Å². The number of hydroxylamine groups is 1. The first-order valence-corrected chi connectivity index (χ1v) is 37.3. The third-order valence-electron chi connectivity index (χ3n) is 18.0. The van der Waals surface area contributed by atoms with Gasteiger partial charge in [0.25, 0.3) is 5.91 Å². The van der Waals surface area contributed by atoms with Gasteiger partial charge in [-0.1, -0.05) is 151 Å². The van der Waals surface area contributed by atoms with Gasteiger partial charge < -0.3 is 62.9 Å². The van der Waals surface area contributed by atoms with E-state index < -0.39 is 11.9 Å². The number of hydrogen-bond acceptors (Lipinski definition) is 19. The highest BCUT2D eigenvalue weighted by Crippen LogP contribution is 2.33. The molecule has 0 fully saturated rings. The molecule has 3 heterocycles. The van der Waals surface area contributed by atoms with Gasteiger partial charge in [0.05, 0.1) is 89.8 Å². The number of ether oxygens (including phenoxy) is 9. The standard InChI is InChI=1S/C23H27NO5.C22H26N2O5.C14H19NO3.C13H17BrO3.C9H8Br2O2.4H2S/c1-15(2)20-14-29-21-12-17(23(26)28-4)7-8-18(21)13-24(20)22(25)11-16-5-9-19(27-3)10-6-16;1-14(2)19-13-29-20-11-16(22(26)23-27)6-7-17(20)12-24(19)21(25)10-15-4-8-18(28-3)9-5-15;1-9(2)12-8-18-13-6-10(14(16)17-3)4-5-11(13)7-15-12;1-9(8-15)3-4-10-5-6-11(7-12(10)14)13(16)17-2;1-13-9(12)6-2-3-7(5-10)8(11)4-6;;;;/h5-10,12,15,20H,11,13-14H2,1-4H3;4-9,11,14,19,27H,10,12-13H2,1-3H3,(H,23,26);4-6,9,12,15H,7-8H2,1-3H3;5-7,9,15H,3-4,8H2,1-2H3;2-4H,5H2,1H3;4*1H2/t20-;19-;12-;9-;;;;;/m1111...../s1. The predicted octanol–water partition coefficient (Wildman–Crippen LogP) is 14.6. The Labute approximate surface area is 699 Å². The van der Waals surface area contributed by atoms with Gasteiger partial charge in [0, 0.05) is 68.8 Å². The molecule has 3 aliphatic heterocycles. The van der Waals surface area contributed by atoms with Gasteiger partial charge >= 0.3 is 23.9 Å². The molecule has 10 rings (SSSR count). The maximum absolute atomic E-state index is 13.2. The average molecular weight is 1790 g/mol. The quantitative estimate of drug-likeness (QED) is 0.0193. The fourth-order valence-electron chi connectivity index (χ4n) is 11.3. The number of esters is 4. The summed E-state index contributed by atoms with van der Waals surface area (Å²) in [5.41, 5.74) is 10.8. The summed E-state index contributed by atoms with van der Waals surface area (Å²) in [6, 6.07) is 41.6. The van der Waals surface area contributed by atoms with Crippen LogP contribution in [0.25, 0.3) is 0 Å². The second-order valence-corrected chi connectivity index (χ2v) is 28.6. The Morgan fingerprint density at radius 1 is 0.491 bits per heavy atom. The van der Waals surface area contributed by atoms with E-state index in [2.05, 4.69) is 104 Å². The molecule has 0 aromatic heterocycles. The van der Waals surface area contributed by atoms with Crippen molar-refractivity contribution < 1.29 is 86.5 Å². The maximum Gasteiger partial charge on any atom is 0.337 e. The van der Waals surface area contributed by atoms with Crippen molar-refractivity contribution in [1.29, 1.82) is 0 Å². The van der Waals surface area contributed by atoms with Crippen LogP contribution in [0.5, 0.6) is 28.7 Å². The summed E-state index contributed by atoms with van der Waals surface area (Å²) < 4.78 is 48.7. The molecule has 602 valence electrons. The van der Waals surface area contributed by atoms with Crippen molar-refractivity contribution in [2.45, 2.75) is 117 Å². The van der Waals surface area contributed by atoms with Gasteiger partial charge in [-0.25, -0.2) is 24.7 Å². The first-order valence-electron chi connectivity index (χ1n) is 34.6. The summed E-state index contributed by atoms with van der Waals surface area (Å²) in [6.07, 6.45) is 2.40. The molecule has 7 aromatic carbocycles. The lowest BCUT2D eigenvalue weighted by atomic mass is 10.0. The lowest BCUT2D eigenvalue weighted by Gasteiger charge is -2.32. The normalized spacial score (nSPS) is 14.5. The summed E-state index contributed by atoms with van der Waals surface area (Å²) in [5.74, 6) is 2.76. The number of hydrogen-bond donors (Lipinski definition) is 4. The number of amides is 3. The van der Waals surface area contributed by atoms with Crippen LogP contribution in [0.3, 0.4) is 0 Å². The van der Waals surface area contributed by atoms with Crippen LogP contribution in [0, 0.1) is 23.7 Å². The van der Waals surface area contributed by atoms with Crippen LogP contribution in [0.1, 0.15) is 146 Å². The molecule has 0 spiro atoms. The Hall–Kier alpha value is -7.45. The number of benzene rings is 7. The fourth-order valence-corrected chi connectivity index (χ4v) is 13.2. The number of carbonyl (C=O) groups is 7. The number of rotatable bonds is 19. The van der Waals surface area contributed by atoms with E-state index in [0.717, 1.165) is 89.9 Å². The number of aryl methyl sites for hydroxylation is 1. The summed E-state index contributed by atoms with van der Waals surface area (Å²) in [6.45, 7) is 17.8. The number of fused-ring (bicyclic) bond motifs is 3. The molecule has 0 radical (unpaired) electrons. The summed E-state index contributed by atoms with van der Waals surface area (Å²) in [5, 5.41) is 22.0. The monoisotopic (exact) mass is 1790 g/mol. The maximum atomic E-state index is 13.2. The van der Waals surface area contributed by atoms with Gasteiger partial charge in [0.2, 0.25) is 11.8 Å². The molecule has 0 aliphatic carbocycles. The largest absolute Gasteiger partial charge is 0.497 e. The van der Waals surface area contributed by atoms with Gasteiger partial charge in [-0.05, 0) is 144 Å². The van der Waals surface area contributed by atoms with Crippen LogP contribution < -0.4 is 34.5 Å². The topological polar surface area (TPSA) is 274 Å². The molecule has 0 saturated carbocycles. The molecule has 4 N–H and O–H groups in total. The average Bonchev–Trinajstić information content (AvgIpc) is 1.65. The molecule has 22 nitrogen and oxygen atoms in total. The van der Waals surface area contributed by atoms with E-state index in [1.165, 1.54) is 28.4 Å². The number of nitrogens with zero attached hydrogens (tertiary/aromatic N) is 2. The van der Waals surface area contributed by atoms with E-state index in [1.54, 1.807) is 86.4 Å². The summed E-state index contributed by atoms with van der Waals surface area (Å²) >= 11 is 10.2. The Balaban J connectivity index is 0.000000477. The Kier molecular flexibility index (Phi) is 44.7. The van der Waals surface area contributed by atoms with E-state index in [0.29, 0.717) is 96.5 Å². The number of halogens is 3. The van der Waals surface area contributed by atoms with Gasteiger partial charge in [-0.3, -0.25) is 19.6 Å². The van der Waals surface area contributed by atoms with Gasteiger partial charge in [0.15, 0.2) is 0 Å². The van der Waals surface area contributed by atoms with Crippen LogP contribution >= 0.6 is 102 Å². The highest BCUT2D eigenvalue weighted by molar-refractivity contribution is 9.11. The zero-order chi connectivity index (χ0) is 77.7. The molecule has 0 bridgehead atoms. The Morgan fingerprint density at radius 3 is 1.22 bits per heavy atom. The molecule has 29 heteroatoms. The molecule has 3 aliphatic rings. The van der Waals surface area contributed by atoms with Crippen LogP contribution in [0.4, 0.5) is 0 Å². The number of nitrogens with one attached hydrogen (secondary N) is 2. The van der Waals surface area contributed by atoms with Crippen molar-refractivity contribution in [2.24, 2.45) is 23.7 Å².